The lowest BCUT2D eigenvalue weighted by atomic mass is 10.1. The molecule has 0 bridgehead atoms. The molecule has 4 rings (SSSR count). The molecule has 0 aliphatic heterocycles. The van der Waals surface area contributed by atoms with Crippen molar-refractivity contribution in [1.82, 2.24) is 4.57 Å². The van der Waals surface area contributed by atoms with Gasteiger partial charge in [-0.3, -0.25) is 19.2 Å². The number of carbonyl (C=O) groups excluding carboxylic acids is 1. The Kier molecular flexibility index (Phi) is 12.1. The number of nitriles is 1. The zero-order valence-electron chi connectivity index (χ0n) is 22.1. The standard InChI is InChI=1S/C15H13NO3.C14H10N2O3.C2H6/c17-14(18)10-11-5-4-8-13(9-11)16-15(19)12-6-2-1-3-7-12;15-7-10-2-1-3-11(6-10)12-4-5-13(17)16(8-12)9-14(18)19;1-2/h1-9H,10H2,(H,16,19)(H,17,18);1-6,8H,9H2,(H,18,19);1-2H3. The van der Waals surface area contributed by atoms with E-state index in [2.05, 4.69) is 5.32 Å². The van der Waals surface area contributed by atoms with Crippen LogP contribution in [0.15, 0.2) is 102 Å². The fourth-order valence-corrected chi connectivity index (χ4v) is 3.47. The van der Waals surface area contributed by atoms with Crippen molar-refractivity contribution in [2.24, 2.45) is 0 Å². The summed E-state index contributed by atoms with van der Waals surface area (Å²) in [5, 5.41) is 29.0. The lowest BCUT2D eigenvalue weighted by Gasteiger charge is -2.06. The van der Waals surface area contributed by atoms with Crippen LogP contribution in [-0.2, 0) is 22.6 Å². The molecule has 40 heavy (non-hydrogen) atoms. The fourth-order valence-electron chi connectivity index (χ4n) is 3.47. The van der Waals surface area contributed by atoms with Gasteiger partial charge < -0.3 is 20.1 Å². The molecule has 4 aromatic rings. The van der Waals surface area contributed by atoms with Gasteiger partial charge in [-0.1, -0.05) is 56.3 Å². The Morgan fingerprint density at radius 3 is 2.17 bits per heavy atom. The van der Waals surface area contributed by atoms with E-state index in [1.807, 2.05) is 26.0 Å². The summed E-state index contributed by atoms with van der Waals surface area (Å²) < 4.78 is 1.12. The molecule has 1 heterocycles. The second-order valence-corrected chi connectivity index (χ2v) is 8.06. The van der Waals surface area contributed by atoms with Gasteiger partial charge in [-0.2, -0.15) is 5.26 Å². The normalized spacial score (nSPS) is 9.53. The van der Waals surface area contributed by atoms with E-state index in [0.717, 1.165) is 10.1 Å². The molecular formula is C31H29N3O6. The number of pyridine rings is 1. The summed E-state index contributed by atoms with van der Waals surface area (Å²) >= 11 is 0. The average Bonchev–Trinajstić information content (AvgIpc) is 2.96. The van der Waals surface area contributed by atoms with Gasteiger partial charge in [-0.25, -0.2) is 0 Å². The molecular weight excluding hydrogens is 510 g/mol. The number of benzene rings is 3. The predicted octanol–water partition coefficient (Wildman–Crippen LogP) is 5.06. The van der Waals surface area contributed by atoms with Crippen LogP contribution in [0.25, 0.3) is 11.1 Å². The van der Waals surface area contributed by atoms with Crippen molar-refractivity contribution in [1.29, 1.82) is 5.26 Å². The third kappa shape index (κ3) is 9.76. The SMILES string of the molecule is CC.N#Cc1cccc(-c2ccc(=O)n(CC(=O)O)c2)c1.O=C(O)Cc1cccc(NC(=O)c2ccccc2)c1. The highest BCUT2D eigenvalue weighted by Crippen LogP contribution is 2.19. The van der Waals surface area contributed by atoms with E-state index in [1.54, 1.807) is 78.9 Å². The highest BCUT2D eigenvalue weighted by Gasteiger charge is 2.07. The molecule has 0 aliphatic rings. The molecule has 204 valence electrons. The molecule has 0 atom stereocenters. The van der Waals surface area contributed by atoms with Crippen molar-refractivity contribution in [3.63, 3.8) is 0 Å². The lowest BCUT2D eigenvalue weighted by molar-refractivity contribution is -0.138. The molecule has 1 aromatic heterocycles. The molecule has 0 spiro atoms. The summed E-state index contributed by atoms with van der Waals surface area (Å²) in [5.74, 6) is -2.19. The van der Waals surface area contributed by atoms with Gasteiger partial charge in [0.15, 0.2) is 0 Å². The van der Waals surface area contributed by atoms with Crippen molar-refractivity contribution in [3.05, 3.63) is 124 Å². The van der Waals surface area contributed by atoms with E-state index in [0.29, 0.717) is 27.9 Å². The van der Waals surface area contributed by atoms with E-state index >= 15 is 0 Å². The summed E-state index contributed by atoms with van der Waals surface area (Å²) in [7, 11) is 0. The first-order chi connectivity index (χ1) is 19.2. The van der Waals surface area contributed by atoms with Crippen LogP contribution in [0.2, 0.25) is 0 Å². The molecule has 9 heteroatoms. The largest absolute Gasteiger partial charge is 0.481 e. The summed E-state index contributed by atoms with van der Waals surface area (Å²) in [6, 6.07) is 27.5. The number of anilines is 1. The van der Waals surface area contributed by atoms with Gasteiger partial charge in [0.1, 0.15) is 6.54 Å². The fraction of sp³-hybridized carbons (Fsp3) is 0.129. The van der Waals surface area contributed by atoms with Gasteiger partial charge in [0.25, 0.3) is 11.5 Å². The monoisotopic (exact) mass is 539 g/mol. The van der Waals surface area contributed by atoms with Gasteiger partial charge in [0.05, 0.1) is 18.1 Å². The minimum absolute atomic E-state index is 0.0605. The number of nitrogens with zero attached hydrogens (tertiary/aromatic N) is 2. The van der Waals surface area contributed by atoms with Crippen LogP contribution in [0.1, 0.15) is 35.3 Å². The van der Waals surface area contributed by atoms with Crippen LogP contribution in [0, 0.1) is 11.3 Å². The minimum Gasteiger partial charge on any atom is -0.481 e. The Labute approximate surface area is 231 Å². The summed E-state index contributed by atoms with van der Waals surface area (Å²) in [6.45, 7) is 3.62. The lowest BCUT2D eigenvalue weighted by Crippen LogP contribution is -2.22. The van der Waals surface area contributed by atoms with Gasteiger partial charge >= 0.3 is 11.9 Å². The maximum Gasteiger partial charge on any atom is 0.323 e. The summed E-state index contributed by atoms with van der Waals surface area (Å²) in [4.78, 5) is 44.7. The smallest absolute Gasteiger partial charge is 0.323 e. The maximum absolute atomic E-state index is 11.9. The highest BCUT2D eigenvalue weighted by molar-refractivity contribution is 6.04. The van der Waals surface area contributed by atoms with Crippen LogP contribution in [-0.4, -0.2) is 32.6 Å². The second kappa shape index (κ2) is 15.7. The number of aliphatic carboxylic acids is 2. The number of aromatic nitrogens is 1. The third-order valence-electron chi connectivity index (χ3n) is 5.19. The first kappa shape index (κ1) is 30.7. The maximum atomic E-state index is 11.9. The zero-order valence-corrected chi connectivity index (χ0v) is 22.1. The van der Waals surface area contributed by atoms with Crippen molar-refractivity contribution in [3.8, 4) is 17.2 Å². The van der Waals surface area contributed by atoms with E-state index in [4.69, 9.17) is 15.5 Å². The number of nitrogens with one attached hydrogen (secondary N) is 1. The van der Waals surface area contributed by atoms with E-state index in [-0.39, 0.29) is 24.4 Å². The van der Waals surface area contributed by atoms with Gasteiger partial charge in [-0.15, -0.1) is 0 Å². The number of amides is 1. The summed E-state index contributed by atoms with van der Waals surface area (Å²) in [6.07, 6.45) is 1.42. The van der Waals surface area contributed by atoms with Crippen LogP contribution >= 0.6 is 0 Å². The van der Waals surface area contributed by atoms with Crippen molar-refractivity contribution in [2.75, 3.05) is 5.32 Å². The number of carboxylic acid groups (broad SMARTS) is 2. The Morgan fingerprint density at radius 2 is 1.52 bits per heavy atom. The molecule has 9 nitrogen and oxygen atoms in total. The van der Waals surface area contributed by atoms with Crippen LogP contribution in [0.5, 0.6) is 0 Å². The minimum atomic E-state index is -1.08. The molecule has 0 unspecified atom stereocenters. The topological polar surface area (TPSA) is 149 Å². The van der Waals surface area contributed by atoms with Gasteiger partial charge in [-0.05, 0) is 59.2 Å². The molecule has 0 fully saturated rings. The van der Waals surface area contributed by atoms with Crippen molar-refractivity contribution < 1.29 is 24.6 Å². The average molecular weight is 540 g/mol. The van der Waals surface area contributed by atoms with E-state index in [9.17, 15) is 19.2 Å². The Bertz CT molecular complexity index is 1560. The number of rotatable bonds is 7. The molecule has 1 amide bonds. The molecule has 0 saturated heterocycles. The summed E-state index contributed by atoms with van der Waals surface area (Å²) in [5.41, 5.74) is 3.39. The molecule has 0 radical (unpaired) electrons. The Hall–Kier alpha value is -5.49. The quantitative estimate of drug-likeness (QED) is 0.297. The van der Waals surface area contributed by atoms with Crippen LogP contribution < -0.4 is 10.9 Å². The Morgan fingerprint density at radius 1 is 0.825 bits per heavy atom. The molecule has 3 N–H and O–H groups in total. The second-order valence-electron chi connectivity index (χ2n) is 8.06. The van der Waals surface area contributed by atoms with E-state index in [1.165, 1.54) is 12.3 Å². The molecule has 3 aromatic carbocycles. The third-order valence-corrected chi connectivity index (χ3v) is 5.19. The van der Waals surface area contributed by atoms with Crippen LogP contribution in [0.4, 0.5) is 5.69 Å². The predicted molar refractivity (Wildman–Crippen MR) is 152 cm³/mol. The highest BCUT2D eigenvalue weighted by atomic mass is 16.4. The number of carbonyl (C=O) groups is 3. The first-order valence-electron chi connectivity index (χ1n) is 12.3. The zero-order chi connectivity index (χ0) is 29.5. The van der Waals surface area contributed by atoms with Crippen molar-refractivity contribution in [2.45, 2.75) is 26.8 Å². The number of hydrogen-bond donors (Lipinski definition) is 3. The first-order valence-corrected chi connectivity index (χ1v) is 12.3. The number of hydrogen-bond acceptors (Lipinski definition) is 5. The Balaban J connectivity index is 0.000000264. The van der Waals surface area contributed by atoms with Crippen molar-refractivity contribution >= 4 is 23.5 Å². The molecule has 0 saturated carbocycles. The number of carboxylic acids is 2. The van der Waals surface area contributed by atoms with E-state index < -0.39 is 11.9 Å². The van der Waals surface area contributed by atoms with Crippen LogP contribution in [0.3, 0.4) is 0 Å². The molecule has 0 aliphatic carbocycles. The van der Waals surface area contributed by atoms with Gasteiger partial charge in [0, 0.05) is 23.5 Å². The van der Waals surface area contributed by atoms with Gasteiger partial charge in [0.2, 0.25) is 0 Å².